The van der Waals surface area contributed by atoms with Gasteiger partial charge in [0.05, 0.1) is 18.3 Å². The van der Waals surface area contributed by atoms with Crippen molar-refractivity contribution in [2.45, 2.75) is 122 Å². The van der Waals surface area contributed by atoms with E-state index in [0.717, 1.165) is 19.3 Å². The Morgan fingerprint density at radius 2 is 1.28 bits per heavy atom. The second-order valence-electron chi connectivity index (χ2n) is 8.30. The summed E-state index contributed by atoms with van der Waals surface area (Å²) in [6.07, 6.45) is 13.1. The van der Waals surface area contributed by atoms with Gasteiger partial charge in [0.2, 0.25) is 0 Å². The zero-order valence-electron chi connectivity index (χ0n) is 18.2. The highest BCUT2D eigenvalue weighted by atomic mass is 16.5. The number of carboxylic acids is 1. The standard InChI is InChI=1S/C23H42O6/c1-2-3-4-5-6-7-8-9-10-11-12-13-14-15-16-29-22-18(23(27)28)17-19(24)20(25)21(22)26/h19-21,24-26H,2-17H2,1H3,(H,27,28). The Hall–Kier alpha value is -1.11. The minimum absolute atomic E-state index is 0.106. The number of aliphatic carboxylic acids is 1. The fourth-order valence-electron chi connectivity index (χ4n) is 3.82. The Balaban J connectivity index is 2.04. The predicted octanol–water partition coefficient (Wildman–Crippen LogP) is 4.31. The molecule has 6 nitrogen and oxygen atoms in total. The molecule has 0 aromatic rings. The quantitative estimate of drug-likeness (QED) is 0.264. The summed E-state index contributed by atoms with van der Waals surface area (Å²) in [4.78, 5) is 11.3. The van der Waals surface area contributed by atoms with Crippen LogP contribution in [-0.4, -0.2) is 51.3 Å². The molecule has 0 aromatic heterocycles. The van der Waals surface area contributed by atoms with Gasteiger partial charge in [-0.25, -0.2) is 4.79 Å². The third-order valence-corrected chi connectivity index (χ3v) is 5.71. The van der Waals surface area contributed by atoms with E-state index in [1.165, 1.54) is 70.6 Å². The Labute approximate surface area is 176 Å². The van der Waals surface area contributed by atoms with Crippen molar-refractivity contribution >= 4 is 5.97 Å². The van der Waals surface area contributed by atoms with Gasteiger partial charge in [-0.15, -0.1) is 0 Å². The van der Waals surface area contributed by atoms with E-state index >= 15 is 0 Å². The topological polar surface area (TPSA) is 107 Å². The molecule has 1 rings (SSSR count). The van der Waals surface area contributed by atoms with Crippen molar-refractivity contribution in [2.24, 2.45) is 0 Å². The van der Waals surface area contributed by atoms with Crippen LogP contribution in [0.2, 0.25) is 0 Å². The third-order valence-electron chi connectivity index (χ3n) is 5.71. The maximum Gasteiger partial charge on any atom is 0.335 e. The van der Waals surface area contributed by atoms with Crippen LogP contribution >= 0.6 is 0 Å². The van der Waals surface area contributed by atoms with Crippen LogP contribution < -0.4 is 0 Å². The molecule has 3 atom stereocenters. The van der Waals surface area contributed by atoms with Crippen LogP contribution in [0, 0.1) is 0 Å². The lowest BCUT2D eigenvalue weighted by Crippen LogP contribution is -2.44. The maximum atomic E-state index is 11.3. The smallest absolute Gasteiger partial charge is 0.335 e. The fraction of sp³-hybridized carbons (Fsp3) is 0.870. The summed E-state index contributed by atoms with van der Waals surface area (Å²) in [5.41, 5.74) is -0.152. The highest BCUT2D eigenvalue weighted by molar-refractivity contribution is 5.87. The molecular weight excluding hydrogens is 372 g/mol. The van der Waals surface area contributed by atoms with E-state index in [0.29, 0.717) is 6.61 Å². The minimum atomic E-state index is -1.49. The van der Waals surface area contributed by atoms with E-state index in [1.54, 1.807) is 0 Å². The summed E-state index contributed by atoms with van der Waals surface area (Å²) in [7, 11) is 0. The van der Waals surface area contributed by atoms with Crippen molar-refractivity contribution in [3.05, 3.63) is 11.3 Å². The first-order valence-electron chi connectivity index (χ1n) is 11.6. The van der Waals surface area contributed by atoms with Crippen LogP contribution in [0.1, 0.15) is 103 Å². The number of carboxylic acid groups (broad SMARTS) is 1. The number of rotatable bonds is 17. The van der Waals surface area contributed by atoms with Gasteiger partial charge >= 0.3 is 5.97 Å². The molecule has 0 saturated carbocycles. The number of unbranched alkanes of at least 4 members (excludes halogenated alkanes) is 13. The minimum Gasteiger partial charge on any atom is -0.494 e. The molecule has 4 N–H and O–H groups in total. The molecule has 6 heteroatoms. The monoisotopic (exact) mass is 414 g/mol. The summed E-state index contributed by atoms with van der Waals surface area (Å²) in [5, 5.41) is 38.6. The second-order valence-corrected chi connectivity index (χ2v) is 8.30. The third kappa shape index (κ3) is 10.5. The molecule has 0 bridgehead atoms. The highest BCUT2D eigenvalue weighted by Crippen LogP contribution is 2.27. The van der Waals surface area contributed by atoms with E-state index in [1.807, 2.05) is 0 Å². The van der Waals surface area contributed by atoms with Gasteiger partial charge in [-0.2, -0.15) is 0 Å². The van der Waals surface area contributed by atoms with E-state index in [2.05, 4.69) is 6.92 Å². The summed E-state index contributed by atoms with van der Waals surface area (Å²) >= 11 is 0. The second kappa shape index (κ2) is 15.7. The van der Waals surface area contributed by atoms with Crippen LogP contribution in [0.5, 0.6) is 0 Å². The Bertz CT molecular complexity index is 476. The lowest BCUT2D eigenvalue weighted by atomic mass is 9.90. The lowest BCUT2D eigenvalue weighted by molar-refractivity contribution is -0.135. The number of ether oxygens (including phenoxy) is 1. The largest absolute Gasteiger partial charge is 0.494 e. The average molecular weight is 415 g/mol. The van der Waals surface area contributed by atoms with Crippen molar-refractivity contribution in [2.75, 3.05) is 6.61 Å². The molecule has 0 amide bonds. The number of hydrogen-bond donors (Lipinski definition) is 4. The van der Waals surface area contributed by atoms with Crippen LogP contribution in [-0.2, 0) is 9.53 Å². The van der Waals surface area contributed by atoms with Gasteiger partial charge in [-0.1, -0.05) is 90.4 Å². The van der Waals surface area contributed by atoms with E-state index in [9.17, 15) is 25.2 Å². The maximum absolute atomic E-state index is 11.3. The summed E-state index contributed by atoms with van der Waals surface area (Å²) in [6.45, 7) is 2.56. The Kier molecular flexibility index (Phi) is 14.0. The van der Waals surface area contributed by atoms with E-state index in [-0.39, 0.29) is 17.8 Å². The van der Waals surface area contributed by atoms with Gasteiger partial charge in [-0.05, 0) is 6.42 Å². The molecule has 0 fully saturated rings. The van der Waals surface area contributed by atoms with Gasteiger partial charge in [0.15, 0.2) is 0 Å². The van der Waals surface area contributed by atoms with Crippen molar-refractivity contribution in [1.29, 1.82) is 0 Å². The molecule has 0 saturated heterocycles. The summed E-state index contributed by atoms with van der Waals surface area (Å²) in [5.74, 6) is -1.34. The summed E-state index contributed by atoms with van der Waals surface area (Å²) in [6, 6.07) is 0. The van der Waals surface area contributed by atoms with E-state index < -0.39 is 24.3 Å². The zero-order chi connectivity index (χ0) is 21.5. The summed E-state index contributed by atoms with van der Waals surface area (Å²) < 4.78 is 5.47. The van der Waals surface area contributed by atoms with Crippen LogP contribution in [0.15, 0.2) is 11.3 Å². The van der Waals surface area contributed by atoms with Gasteiger partial charge in [-0.3, -0.25) is 0 Å². The molecule has 29 heavy (non-hydrogen) atoms. The SMILES string of the molecule is CCCCCCCCCCCCCCCCOC1=C(C(=O)O)CC(O)C(O)C1O. The van der Waals surface area contributed by atoms with E-state index in [4.69, 9.17) is 4.74 Å². The normalized spacial score (nSPS) is 22.1. The van der Waals surface area contributed by atoms with Crippen molar-refractivity contribution in [3.63, 3.8) is 0 Å². The highest BCUT2D eigenvalue weighted by Gasteiger charge is 2.39. The van der Waals surface area contributed by atoms with Crippen molar-refractivity contribution < 1.29 is 30.0 Å². The molecule has 0 heterocycles. The first-order chi connectivity index (χ1) is 14.0. The molecule has 0 spiro atoms. The van der Waals surface area contributed by atoms with Crippen molar-refractivity contribution in [1.82, 2.24) is 0 Å². The first-order valence-corrected chi connectivity index (χ1v) is 11.6. The molecule has 0 aromatic carbocycles. The molecule has 0 radical (unpaired) electrons. The van der Waals surface area contributed by atoms with Crippen molar-refractivity contribution in [3.8, 4) is 0 Å². The lowest BCUT2D eigenvalue weighted by Gasteiger charge is -2.31. The molecular formula is C23H42O6. The number of aliphatic hydroxyl groups is 3. The zero-order valence-corrected chi connectivity index (χ0v) is 18.2. The first kappa shape index (κ1) is 25.9. The van der Waals surface area contributed by atoms with Crippen LogP contribution in [0.25, 0.3) is 0 Å². The number of aliphatic hydroxyl groups excluding tert-OH is 3. The Morgan fingerprint density at radius 3 is 1.72 bits per heavy atom. The van der Waals surface area contributed by atoms with Crippen LogP contribution in [0.4, 0.5) is 0 Å². The molecule has 1 aliphatic rings. The number of carbonyl (C=O) groups is 1. The Morgan fingerprint density at radius 1 is 0.828 bits per heavy atom. The van der Waals surface area contributed by atoms with Gasteiger partial charge < -0.3 is 25.2 Å². The molecule has 0 aliphatic heterocycles. The molecule has 1 aliphatic carbocycles. The van der Waals surface area contributed by atoms with Gasteiger partial charge in [0.1, 0.15) is 18.0 Å². The fourth-order valence-corrected chi connectivity index (χ4v) is 3.82. The predicted molar refractivity (Wildman–Crippen MR) is 114 cm³/mol. The average Bonchev–Trinajstić information content (AvgIpc) is 2.70. The number of hydrogen-bond acceptors (Lipinski definition) is 5. The molecule has 3 unspecified atom stereocenters. The van der Waals surface area contributed by atoms with Crippen LogP contribution in [0.3, 0.4) is 0 Å². The molecule has 170 valence electrons. The van der Waals surface area contributed by atoms with Gasteiger partial charge in [0, 0.05) is 6.42 Å². The van der Waals surface area contributed by atoms with Gasteiger partial charge in [0.25, 0.3) is 0 Å².